The number of aromatic nitrogens is 2. The van der Waals surface area contributed by atoms with Crippen molar-refractivity contribution in [1.29, 1.82) is 0 Å². The molecule has 21 heavy (non-hydrogen) atoms. The van der Waals surface area contributed by atoms with Crippen molar-refractivity contribution in [2.45, 2.75) is 51.1 Å². The second-order valence-electron chi connectivity index (χ2n) is 5.94. The summed E-state index contributed by atoms with van der Waals surface area (Å²) in [6.45, 7) is 2.78. The third kappa shape index (κ3) is 3.67. The molecular formula is C18H23N3. The Labute approximate surface area is 126 Å². The van der Waals surface area contributed by atoms with Crippen LogP contribution in [0.2, 0.25) is 0 Å². The van der Waals surface area contributed by atoms with Crippen LogP contribution < -0.4 is 5.32 Å². The van der Waals surface area contributed by atoms with Gasteiger partial charge in [0.2, 0.25) is 0 Å². The molecule has 0 amide bonds. The lowest BCUT2D eigenvalue weighted by Crippen LogP contribution is -2.37. The maximum Gasteiger partial charge on any atom is 0.0724 e. The number of aryl methyl sites for hydroxylation is 1. The second kappa shape index (κ2) is 6.81. The van der Waals surface area contributed by atoms with Crippen molar-refractivity contribution < 1.29 is 0 Å². The smallest absolute Gasteiger partial charge is 0.0724 e. The average Bonchev–Trinajstić information content (AvgIpc) is 2.55. The number of hydrogen-bond acceptors (Lipinski definition) is 3. The number of nitrogens with zero attached hydrogens (tertiary/aromatic N) is 2. The van der Waals surface area contributed by atoms with Crippen molar-refractivity contribution in [3.63, 3.8) is 0 Å². The zero-order chi connectivity index (χ0) is 14.5. The highest BCUT2D eigenvalue weighted by atomic mass is 14.9. The van der Waals surface area contributed by atoms with Crippen LogP contribution in [0.4, 0.5) is 0 Å². The fraction of sp³-hybridized carbons (Fsp3) is 0.444. The summed E-state index contributed by atoms with van der Waals surface area (Å²) in [5, 5.41) is 3.70. The van der Waals surface area contributed by atoms with Gasteiger partial charge in [-0.25, -0.2) is 0 Å². The van der Waals surface area contributed by atoms with Crippen LogP contribution in [-0.4, -0.2) is 16.0 Å². The Morgan fingerprint density at radius 3 is 2.62 bits per heavy atom. The van der Waals surface area contributed by atoms with Gasteiger partial charge in [-0.05, 0) is 31.2 Å². The lowest BCUT2D eigenvalue weighted by Gasteiger charge is -2.32. The first-order chi connectivity index (χ1) is 10.3. The fourth-order valence-corrected chi connectivity index (χ4v) is 3.22. The van der Waals surface area contributed by atoms with Gasteiger partial charge < -0.3 is 5.32 Å². The molecule has 1 aromatic carbocycles. The molecule has 110 valence electrons. The average molecular weight is 281 g/mol. The molecule has 0 saturated heterocycles. The highest BCUT2D eigenvalue weighted by Gasteiger charge is 2.25. The zero-order valence-electron chi connectivity index (χ0n) is 12.6. The summed E-state index contributed by atoms with van der Waals surface area (Å²) in [4.78, 5) is 8.75. The number of benzene rings is 1. The van der Waals surface area contributed by atoms with Gasteiger partial charge >= 0.3 is 0 Å². The van der Waals surface area contributed by atoms with Crippen LogP contribution in [-0.2, 0) is 6.54 Å². The van der Waals surface area contributed by atoms with Crippen molar-refractivity contribution in [1.82, 2.24) is 15.3 Å². The Hall–Kier alpha value is -1.74. The molecule has 3 nitrogen and oxygen atoms in total. The normalized spacial score (nSPS) is 22.1. The van der Waals surface area contributed by atoms with Crippen molar-refractivity contribution in [2.75, 3.05) is 0 Å². The lowest BCUT2D eigenvalue weighted by molar-refractivity contribution is 0.325. The zero-order valence-corrected chi connectivity index (χ0v) is 12.6. The second-order valence-corrected chi connectivity index (χ2v) is 5.94. The van der Waals surface area contributed by atoms with E-state index in [9.17, 15) is 0 Å². The SMILES string of the molecule is Cc1cnc(CNC2CCCCC2c2ccccc2)cn1. The standard InChI is InChI=1S/C18H23N3/c1-14-11-20-16(12-19-14)13-21-18-10-6-5-9-17(18)15-7-3-2-4-8-15/h2-4,7-8,11-12,17-18,21H,5-6,9-10,13H2,1H3. The number of nitrogens with one attached hydrogen (secondary N) is 1. The van der Waals surface area contributed by atoms with Gasteiger partial charge in [0.05, 0.1) is 11.4 Å². The third-order valence-electron chi connectivity index (χ3n) is 4.37. The van der Waals surface area contributed by atoms with Gasteiger partial charge in [0.15, 0.2) is 0 Å². The quantitative estimate of drug-likeness (QED) is 0.930. The summed E-state index contributed by atoms with van der Waals surface area (Å²) in [5.41, 5.74) is 3.46. The maximum absolute atomic E-state index is 4.44. The van der Waals surface area contributed by atoms with Gasteiger partial charge in [0.1, 0.15) is 0 Å². The molecule has 3 heteroatoms. The summed E-state index contributed by atoms with van der Waals surface area (Å²) in [6.07, 6.45) is 8.90. The van der Waals surface area contributed by atoms with Crippen molar-refractivity contribution >= 4 is 0 Å². The summed E-state index contributed by atoms with van der Waals surface area (Å²) < 4.78 is 0. The molecule has 0 aliphatic heterocycles. The summed E-state index contributed by atoms with van der Waals surface area (Å²) in [6, 6.07) is 11.5. The van der Waals surface area contributed by atoms with E-state index in [-0.39, 0.29) is 0 Å². The predicted octanol–water partition coefficient (Wildman–Crippen LogP) is 3.60. The summed E-state index contributed by atoms with van der Waals surface area (Å²) in [7, 11) is 0. The molecule has 1 N–H and O–H groups in total. The topological polar surface area (TPSA) is 37.8 Å². The molecule has 1 fully saturated rings. The molecule has 0 spiro atoms. The van der Waals surface area contributed by atoms with Crippen LogP contribution in [0, 0.1) is 6.92 Å². The van der Waals surface area contributed by atoms with E-state index in [1.807, 2.05) is 19.3 Å². The minimum absolute atomic E-state index is 0.546. The van der Waals surface area contributed by atoms with E-state index in [2.05, 4.69) is 45.6 Å². The van der Waals surface area contributed by atoms with E-state index in [4.69, 9.17) is 0 Å². The first-order valence-electron chi connectivity index (χ1n) is 7.89. The van der Waals surface area contributed by atoms with Gasteiger partial charge in [-0.15, -0.1) is 0 Å². The highest BCUT2D eigenvalue weighted by Crippen LogP contribution is 2.33. The third-order valence-corrected chi connectivity index (χ3v) is 4.37. The fourth-order valence-electron chi connectivity index (χ4n) is 3.22. The Morgan fingerprint density at radius 1 is 1.05 bits per heavy atom. The summed E-state index contributed by atoms with van der Waals surface area (Å²) >= 11 is 0. The molecule has 3 rings (SSSR count). The summed E-state index contributed by atoms with van der Waals surface area (Å²) in [5.74, 6) is 0.623. The molecule has 1 heterocycles. The first-order valence-corrected chi connectivity index (χ1v) is 7.89. The van der Waals surface area contributed by atoms with E-state index in [0.29, 0.717) is 12.0 Å². The molecule has 1 aliphatic carbocycles. The largest absolute Gasteiger partial charge is 0.308 e. The van der Waals surface area contributed by atoms with E-state index in [1.54, 1.807) is 0 Å². The Kier molecular flexibility index (Phi) is 4.61. The van der Waals surface area contributed by atoms with Crippen molar-refractivity contribution in [3.05, 3.63) is 59.7 Å². The van der Waals surface area contributed by atoms with Gasteiger partial charge in [-0.1, -0.05) is 43.2 Å². The first kappa shape index (κ1) is 14.2. The van der Waals surface area contributed by atoms with Crippen molar-refractivity contribution in [2.24, 2.45) is 0 Å². The molecule has 0 bridgehead atoms. The van der Waals surface area contributed by atoms with Gasteiger partial charge in [0, 0.05) is 25.0 Å². The van der Waals surface area contributed by atoms with Crippen LogP contribution in [0.1, 0.15) is 48.6 Å². The van der Waals surface area contributed by atoms with Gasteiger partial charge in [0.25, 0.3) is 0 Å². The monoisotopic (exact) mass is 281 g/mol. The highest BCUT2D eigenvalue weighted by molar-refractivity contribution is 5.22. The molecule has 0 radical (unpaired) electrons. The van der Waals surface area contributed by atoms with Crippen LogP contribution in [0.25, 0.3) is 0 Å². The molecular weight excluding hydrogens is 258 g/mol. The van der Waals surface area contributed by atoms with E-state index >= 15 is 0 Å². The Bertz CT molecular complexity index is 550. The molecule has 2 atom stereocenters. The molecule has 2 aromatic rings. The van der Waals surface area contributed by atoms with Crippen LogP contribution in [0.5, 0.6) is 0 Å². The minimum Gasteiger partial charge on any atom is -0.308 e. The molecule has 1 aromatic heterocycles. The van der Waals surface area contributed by atoms with Crippen LogP contribution in [0.3, 0.4) is 0 Å². The number of hydrogen-bond donors (Lipinski definition) is 1. The minimum atomic E-state index is 0.546. The Balaban J connectivity index is 1.66. The van der Waals surface area contributed by atoms with Gasteiger partial charge in [-0.2, -0.15) is 0 Å². The van der Waals surface area contributed by atoms with Crippen LogP contribution in [0.15, 0.2) is 42.7 Å². The van der Waals surface area contributed by atoms with E-state index in [1.165, 1.54) is 31.2 Å². The number of rotatable bonds is 4. The molecule has 2 unspecified atom stereocenters. The Morgan fingerprint density at radius 2 is 1.86 bits per heavy atom. The van der Waals surface area contributed by atoms with E-state index < -0.39 is 0 Å². The van der Waals surface area contributed by atoms with Crippen molar-refractivity contribution in [3.8, 4) is 0 Å². The van der Waals surface area contributed by atoms with Gasteiger partial charge in [-0.3, -0.25) is 9.97 Å². The molecule has 1 aliphatic rings. The van der Waals surface area contributed by atoms with Crippen LogP contribution >= 0.6 is 0 Å². The maximum atomic E-state index is 4.44. The van der Waals surface area contributed by atoms with E-state index in [0.717, 1.165) is 17.9 Å². The lowest BCUT2D eigenvalue weighted by atomic mass is 9.80. The predicted molar refractivity (Wildman–Crippen MR) is 85.0 cm³/mol. The molecule has 1 saturated carbocycles.